The summed E-state index contributed by atoms with van der Waals surface area (Å²) in [5, 5.41) is 8.01. The van der Waals surface area contributed by atoms with E-state index < -0.39 is 11.9 Å². The molecule has 100 valence electrons. The van der Waals surface area contributed by atoms with E-state index in [2.05, 4.69) is 16.0 Å². The highest BCUT2D eigenvalue weighted by Gasteiger charge is 2.28. The van der Waals surface area contributed by atoms with E-state index in [1.54, 1.807) is 0 Å². The zero-order valence-corrected chi connectivity index (χ0v) is 10.0. The molecule has 0 bridgehead atoms. The van der Waals surface area contributed by atoms with Gasteiger partial charge in [0.1, 0.15) is 6.04 Å². The van der Waals surface area contributed by atoms with Crippen LogP contribution >= 0.6 is 0 Å². The Labute approximate surface area is 105 Å². The van der Waals surface area contributed by atoms with Crippen molar-refractivity contribution >= 4 is 17.7 Å². The lowest BCUT2D eigenvalue weighted by Crippen LogP contribution is -2.53. The number of rotatable bonds is 3. The lowest BCUT2D eigenvalue weighted by atomic mass is 10.1. The lowest BCUT2D eigenvalue weighted by Gasteiger charge is -2.25. The van der Waals surface area contributed by atoms with Crippen molar-refractivity contribution in [1.29, 1.82) is 0 Å². The predicted octanol–water partition coefficient (Wildman–Crippen LogP) is -1.71. The van der Waals surface area contributed by atoms with Gasteiger partial charge >= 0.3 is 0 Å². The molecule has 7 nitrogen and oxygen atoms in total. The largest absolute Gasteiger partial charge is 0.378 e. The summed E-state index contributed by atoms with van der Waals surface area (Å²) in [5.74, 6) is -0.909. The Morgan fingerprint density at radius 3 is 2.94 bits per heavy atom. The number of amides is 3. The number of hydrogen-bond acceptors (Lipinski definition) is 5. The first-order valence-electron chi connectivity index (χ1n) is 6.09. The van der Waals surface area contributed by atoms with Crippen LogP contribution in [0.3, 0.4) is 0 Å². The highest BCUT2D eigenvalue weighted by molar-refractivity contribution is 6.01. The Balaban J connectivity index is 1.76. The van der Waals surface area contributed by atoms with E-state index in [0.717, 1.165) is 6.54 Å². The van der Waals surface area contributed by atoms with Crippen LogP contribution in [0, 0.1) is 0 Å². The fourth-order valence-corrected chi connectivity index (χ4v) is 2.06. The van der Waals surface area contributed by atoms with Crippen LogP contribution in [0.4, 0.5) is 0 Å². The van der Waals surface area contributed by atoms with Crippen LogP contribution in [0.1, 0.15) is 19.3 Å². The van der Waals surface area contributed by atoms with Crippen LogP contribution in [-0.2, 0) is 19.1 Å². The number of nitrogens with one attached hydrogen (secondary N) is 3. The highest BCUT2D eigenvalue weighted by Crippen LogP contribution is 2.05. The average molecular weight is 255 g/mol. The van der Waals surface area contributed by atoms with Gasteiger partial charge in [-0.3, -0.25) is 19.7 Å². The summed E-state index contributed by atoms with van der Waals surface area (Å²) in [6.07, 6.45) is 0.907. The molecule has 0 aromatic rings. The third-order valence-electron chi connectivity index (χ3n) is 3.00. The lowest BCUT2D eigenvalue weighted by molar-refractivity contribution is -0.137. The fourth-order valence-electron chi connectivity index (χ4n) is 2.06. The zero-order chi connectivity index (χ0) is 13.0. The highest BCUT2D eigenvalue weighted by atomic mass is 16.5. The van der Waals surface area contributed by atoms with Gasteiger partial charge in [-0.25, -0.2) is 0 Å². The average Bonchev–Trinajstić information content (AvgIpc) is 2.34. The minimum absolute atomic E-state index is 0.00738. The predicted molar refractivity (Wildman–Crippen MR) is 61.5 cm³/mol. The summed E-state index contributed by atoms with van der Waals surface area (Å²) < 4.78 is 5.24. The maximum absolute atomic E-state index is 11.7. The second kappa shape index (κ2) is 5.92. The number of ether oxygens (including phenoxy) is 1. The summed E-state index contributed by atoms with van der Waals surface area (Å²) in [7, 11) is 0. The van der Waals surface area contributed by atoms with E-state index in [1.165, 1.54) is 0 Å². The molecule has 3 amide bonds. The second-order valence-electron chi connectivity index (χ2n) is 4.50. The molecule has 0 saturated carbocycles. The van der Waals surface area contributed by atoms with E-state index in [0.29, 0.717) is 19.6 Å². The zero-order valence-electron chi connectivity index (χ0n) is 10.0. The minimum atomic E-state index is -0.597. The second-order valence-corrected chi connectivity index (χ2v) is 4.50. The van der Waals surface area contributed by atoms with Gasteiger partial charge in [0.25, 0.3) is 0 Å². The van der Waals surface area contributed by atoms with Crippen LogP contribution in [0.25, 0.3) is 0 Å². The number of piperidine rings is 1. The normalized spacial score (nSPS) is 28.7. The van der Waals surface area contributed by atoms with Crippen molar-refractivity contribution in [1.82, 2.24) is 16.0 Å². The van der Waals surface area contributed by atoms with Gasteiger partial charge in [-0.2, -0.15) is 0 Å². The van der Waals surface area contributed by atoms with Gasteiger partial charge in [0, 0.05) is 25.4 Å². The number of imide groups is 1. The van der Waals surface area contributed by atoms with Crippen molar-refractivity contribution in [3.8, 4) is 0 Å². The molecule has 2 aliphatic rings. The summed E-state index contributed by atoms with van der Waals surface area (Å²) in [6.45, 7) is 1.89. The standard InChI is InChI=1S/C11H17N3O4/c15-9-2-1-8(11(17)14-9)13-10(16)5-7-6-18-4-3-12-7/h7-8,12H,1-6H2,(H,13,16)(H,14,15,17). The molecule has 2 aliphatic heterocycles. The maximum atomic E-state index is 11.7. The fraction of sp³-hybridized carbons (Fsp3) is 0.727. The van der Waals surface area contributed by atoms with Crippen molar-refractivity contribution in [2.24, 2.45) is 0 Å². The Bertz CT molecular complexity index is 352. The molecular formula is C11H17N3O4. The Morgan fingerprint density at radius 2 is 2.28 bits per heavy atom. The smallest absolute Gasteiger partial charge is 0.249 e. The molecule has 2 saturated heterocycles. The summed E-state index contributed by atoms with van der Waals surface area (Å²) in [4.78, 5) is 34.1. The van der Waals surface area contributed by atoms with Gasteiger partial charge in [0.15, 0.2) is 0 Å². The van der Waals surface area contributed by atoms with Crippen LogP contribution in [-0.4, -0.2) is 49.6 Å². The molecule has 7 heteroatoms. The maximum Gasteiger partial charge on any atom is 0.249 e. The molecule has 18 heavy (non-hydrogen) atoms. The summed E-state index contributed by atoms with van der Waals surface area (Å²) in [5.41, 5.74) is 0. The Kier molecular flexibility index (Phi) is 4.27. The quantitative estimate of drug-likeness (QED) is 0.522. The molecule has 3 N–H and O–H groups in total. The van der Waals surface area contributed by atoms with E-state index in [-0.39, 0.29) is 30.7 Å². The van der Waals surface area contributed by atoms with Gasteiger partial charge in [0.05, 0.1) is 13.2 Å². The van der Waals surface area contributed by atoms with E-state index in [9.17, 15) is 14.4 Å². The molecule has 2 unspecified atom stereocenters. The molecular weight excluding hydrogens is 238 g/mol. The van der Waals surface area contributed by atoms with Crippen molar-refractivity contribution < 1.29 is 19.1 Å². The number of morpholine rings is 1. The van der Waals surface area contributed by atoms with Crippen LogP contribution in [0.2, 0.25) is 0 Å². The van der Waals surface area contributed by atoms with Crippen molar-refractivity contribution in [2.75, 3.05) is 19.8 Å². The molecule has 2 atom stereocenters. The topological polar surface area (TPSA) is 96.5 Å². The van der Waals surface area contributed by atoms with Crippen molar-refractivity contribution in [2.45, 2.75) is 31.3 Å². The number of hydrogen-bond donors (Lipinski definition) is 3. The first kappa shape index (κ1) is 13.0. The molecule has 0 aromatic carbocycles. The molecule has 2 rings (SSSR count). The summed E-state index contributed by atoms with van der Waals surface area (Å²) in [6, 6.07) is -0.605. The Hall–Kier alpha value is -1.47. The van der Waals surface area contributed by atoms with E-state index in [1.807, 2.05) is 0 Å². The van der Waals surface area contributed by atoms with Crippen molar-refractivity contribution in [3.05, 3.63) is 0 Å². The summed E-state index contributed by atoms with van der Waals surface area (Å²) >= 11 is 0. The van der Waals surface area contributed by atoms with Gasteiger partial charge in [-0.1, -0.05) is 0 Å². The minimum Gasteiger partial charge on any atom is -0.378 e. The van der Waals surface area contributed by atoms with Gasteiger partial charge in [-0.05, 0) is 6.42 Å². The number of carbonyl (C=O) groups is 3. The molecule has 0 radical (unpaired) electrons. The molecule has 0 spiro atoms. The first-order chi connectivity index (χ1) is 8.65. The third kappa shape index (κ3) is 3.51. The van der Waals surface area contributed by atoms with E-state index in [4.69, 9.17) is 4.74 Å². The third-order valence-corrected chi connectivity index (χ3v) is 3.00. The molecule has 0 aliphatic carbocycles. The van der Waals surface area contributed by atoms with Crippen molar-refractivity contribution in [3.63, 3.8) is 0 Å². The first-order valence-corrected chi connectivity index (χ1v) is 6.09. The number of carbonyl (C=O) groups excluding carboxylic acids is 3. The molecule has 0 aromatic heterocycles. The van der Waals surface area contributed by atoms with Crippen LogP contribution in [0.15, 0.2) is 0 Å². The Morgan fingerprint density at radius 1 is 1.44 bits per heavy atom. The van der Waals surface area contributed by atoms with Crippen LogP contribution in [0.5, 0.6) is 0 Å². The SMILES string of the molecule is O=C1CCC(NC(=O)CC2COCCN2)C(=O)N1. The molecule has 2 fully saturated rings. The van der Waals surface area contributed by atoms with Crippen LogP contribution < -0.4 is 16.0 Å². The van der Waals surface area contributed by atoms with Gasteiger partial charge in [0.2, 0.25) is 17.7 Å². The van der Waals surface area contributed by atoms with Gasteiger partial charge in [-0.15, -0.1) is 0 Å². The van der Waals surface area contributed by atoms with Gasteiger partial charge < -0.3 is 15.4 Å². The molecule has 2 heterocycles. The van der Waals surface area contributed by atoms with E-state index >= 15 is 0 Å². The monoisotopic (exact) mass is 255 g/mol.